The Balaban J connectivity index is 1.72. The second-order valence-electron chi connectivity index (χ2n) is 5.37. The van der Waals surface area contributed by atoms with E-state index in [1.165, 1.54) is 38.5 Å². The third-order valence-corrected chi connectivity index (χ3v) is 4.44. The molecule has 2 N–H and O–H groups in total. The maximum Gasteiger partial charge on any atom is 0.0580 e. The van der Waals surface area contributed by atoms with Gasteiger partial charge in [-0.05, 0) is 37.5 Å². The predicted molar refractivity (Wildman–Crippen MR) is 62.8 cm³/mol. The van der Waals surface area contributed by atoms with E-state index in [-0.39, 0.29) is 6.10 Å². The smallest absolute Gasteiger partial charge is 0.0580 e. The molecular formula is C13H25NO. The minimum Gasteiger partial charge on any atom is -0.393 e. The van der Waals surface area contributed by atoms with Gasteiger partial charge in [0.1, 0.15) is 0 Å². The van der Waals surface area contributed by atoms with Crippen LogP contribution in [0.25, 0.3) is 0 Å². The van der Waals surface area contributed by atoms with Crippen LogP contribution in [0, 0.1) is 11.8 Å². The van der Waals surface area contributed by atoms with Crippen LogP contribution in [0.5, 0.6) is 0 Å². The molecule has 2 heteroatoms. The molecule has 2 saturated carbocycles. The molecule has 0 radical (unpaired) electrons. The Bertz CT molecular complexity index is 195. The Labute approximate surface area is 93.5 Å². The summed E-state index contributed by atoms with van der Waals surface area (Å²) in [5, 5.41) is 13.4. The van der Waals surface area contributed by atoms with Crippen molar-refractivity contribution in [2.45, 2.75) is 64.0 Å². The van der Waals surface area contributed by atoms with E-state index in [2.05, 4.69) is 12.2 Å². The first-order valence-electron chi connectivity index (χ1n) is 6.72. The molecule has 15 heavy (non-hydrogen) atoms. The minimum atomic E-state index is -0.0287. The van der Waals surface area contributed by atoms with Gasteiger partial charge in [-0.2, -0.15) is 0 Å². The maximum atomic E-state index is 9.75. The molecule has 0 heterocycles. The summed E-state index contributed by atoms with van der Waals surface area (Å²) in [5.41, 5.74) is 0. The third-order valence-electron chi connectivity index (χ3n) is 4.44. The van der Waals surface area contributed by atoms with Crippen LogP contribution in [-0.4, -0.2) is 23.8 Å². The SMILES string of the molecule is CCC1CCCC1NCC1CCCC1O. The van der Waals surface area contributed by atoms with Gasteiger partial charge >= 0.3 is 0 Å². The van der Waals surface area contributed by atoms with E-state index in [1.54, 1.807) is 0 Å². The van der Waals surface area contributed by atoms with Gasteiger partial charge in [0.15, 0.2) is 0 Å². The van der Waals surface area contributed by atoms with E-state index in [0.717, 1.165) is 24.9 Å². The highest BCUT2D eigenvalue weighted by Gasteiger charge is 2.29. The molecule has 0 saturated heterocycles. The molecule has 4 unspecified atom stereocenters. The van der Waals surface area contributed by atoms with Gasteiger partial charge < -0.3 is 10.4 Å². The highest BCUT2D eigenvalue weighted by molar-refractivity contribution is 4.85. The van der Waals surface area contributed by atoms with Gasteiger partial charge in [-0.15, -0.1) is 0 Å². The second kappa shape index (κ2) is 5.31. The Morgan fingerprint density at radius 3 is 2.47 bits per heavy atom. The largest absolute Gasteiger partial charge is 0.393 e. The molecule has 0 aliphatic heterocycles. The molecule has 0 aromatic rings. The van der Waals surface area contributed by atoms with Crippen molar-refractivity contribution in [3.8, 4) is 0 Å². The molecule has 0 spiro atoms. The first kappa shape index (κ1) is 11.4. The fourth-order valence-electron chi connectivity index (χ4n) is 3.35. The highest BCUT2D eigenvalue weighted by atomic mass is 16.3. The molecule has 2 rings (SSSR count). The number of aliphatic hydroxyl groups is 1. The van der Waals surface area contributed by atoms with Crippen LogP contribution in [0.4, 0.5) is 0 Å². The van der Waals surface area contributed by atoms with Gasteiger partial charge in [0.25, 0.3) is 0 Å². The van der Waals surface area contributed by atoms with Crippen molar-refractivity contribution in [3.05, 3.63) is 0 Å². The molecule has 2 nitrogen and oxygen atoms in total. The second-order valence-corrected chi connectivity index (χ2v) is 5.37. The van der Waals surface area contributed by atoms with Gasteiger partial charge in [0.05, 0.1) is 6.10 Å². The van der Waals surface area contributed by atoms with Crippen LogP contribution in [0.15, 0.2) is 0 Å². The zero-order valence-corrected chi connectivity index (χ0v) is 9.91. The summed E-state index contributed by atoms with van der Waals surface area (Å²) in [6.07, 6.45) is 8.89. The normalized spacial score (nSPS) is 41.2. The van der Waals surface area contributed by atoms with E-state index >= 15 is 0 Å². The fraction of sp³-hybridized carbons (Fsp3) is 1.00. The summed E-state index contributed by atoms with van der Waals surface area (Å²) in [7, 11) is 0. The zero-order valence-electron chi connectivity index (χ0n) is 9.91. The number of hydrogen-bond acceptors (Lipinski definition) is 2. The van der Waals surface area contributed by atoms with Gasteiger partial charge in [-0.3, -0.25) is 0 Å². The van der Waals surface area contributed by atoms with E-state index in [9.17, 15) is 5.11 Å². The summed E-state index contributed by atoms with van der Waals surface area (Å²) >= 11 is 0. The molecule has 0 bridgehead atoms. The molecule has 0 aromatic heterocycles. The molecule has 2 fully saturated rings. The fourth-order valence-corrected chi connectivity index (χ4v) is 3.35. The molecular weight excluding hydrogens is 186 g/mol. The van der Waals surface area contributed by atoms with Crippen molar-refractivity contribution in [3.63, 3.8) is 0 Å². The average Bonchev–Trinajstić information content (AvgIpc) is 2.83. The molecule has 2 aliphatic carbocycles. The monoisotopic (exact) mass is 211 g/mol. The number of aliphatic hydroxyl groups excluding tert-OH is 1. The Morgan fingerprint density at radius 2 is 1.80 bits per heavy atom. The Hall–Kier alpha value is -0.0800. The quantitative estimate of drug-likeness (QED) is 0.748. The highest BCUT2D eigenvalue weighted by Crippen LogP contribution is 2.29. The van der Waals surface area contributed by atoms with E-state index in [4.69, 9.17) is 0 Å². The molecule has 0 aromatic carbocycles. The van der Waals surface area contributed by atoms with Gasteiger partial charge in [0.2, 0.25) is 0 Å². The van der Waals surface area contributed by atoms with Crippen LogP contribution in [-0.2, 0) is 0 Å². The van der Waals surface area contributed by atoms with Crippen molar-refractivity contribution < 1.29 is 5.11 Å². The first-order valence-corrected chi connectivity index (χ1v) is 6.72. The minimum absolute atomic E-state index is 0.0287. The summed E-state index contributed by atoms with van der Waals surface area (Å²) in [4.78, 5) is 0. The molecule has 4 atom stereocenters. The Kier molecular flexibility index (Phi) is 4.04. The van der Waals surface area contributed by atoms with Crippen molar-refractivity contribution >= 4 is 0 Å². The van der Waals surface area contributed by atoms with Crippen LogP contribution in [0.1, 0.15) is 51.9 Å². The summed E-state index contributed by atoms with van der Waals surface area (Å²) in [6.45, 7) is 3.34. The average molecular weight is 211 g/mol. The van der Waals surface area contributed by atoms with E-state index in [0.29, 0.717) is 5.92 Å². The van der Waals surface area contributed by atoms with Gasteiger partial charge in [-0.25, -0.2) is 0 Å². The molecule has 88 valence electrons. The van der Waals surface area contributed by atoms with Crippen LogP contribution in [0.3, 0.4) is 0 Å². The number of nitrogens with one attached hydrogen (secondary N) is 1. The predicted octanol–water partition coefficient (Wildman–Crippen LogP) is 2.32. The summed E-state index contributed by atoms with van der Waals surface area (Å²) in [6, 6.07) is 0.739. The van der Waals surface area contributed by atoms with Crippen molar-refractivity contribution in [1.29, 1.82) is 0 Å². The zero-order chi connectivity index (χ0) is 10.7. The van der Waals surface area contributed by atoms with E-state index < -0.39 is 0 Å². The lowest BCUT2D eigenvalue weighted by Gasteiger charge is -2.23. The van der Waals surface area contributed by atoms with Gasteiger partial charge in [0, 0.05) is 12.6 Å². The maximum absolute atomic E-state index is 9.75. The van der Waals surface area contributed by atoms with Crippen LogP contribution in [0.2, 0.25) is 0 Å². The summed E-state index contributed by atoms with van der Waals surface area (Å²) in [5.74, 6) is 1.42. The van der Waals surface area contributed by atoms with Crippen LogP contribution < -0.4 is 5.32 Å². The molecule has 0 amide bonds. The lowest BCUT2D eigenvalue weighted by Crippen LogP contribution is -2.37. The van der Waals surface area contributed by atoms with Crippen LogP contribution >= 0.6 is 0 Å². The number of rotatable bonds is 4. The van der Waals surface area contributed by atoms with Gasteiger partial charge in [-0.1, -0.05) is 26.2 Å². The lowest BCUT2D eigenvalue weighted by atomic mass is 9.99. The van der Waals surface area contributed by atoms with Crippen molar-refractivity contribution in [1.82, 2.24) is 5.32 Å². The Morgan fingerprint density at radius 1 is 1.07 bits per heavy atom. The summed E-state index contributed by atoms with van der Waals surface area (Å²) < 4.78 is 0. The van der Waals surface area contributed by atoms with Crippen molar-refractivity contribution in [2.75, 3.05) is 6.54 Å². The number of hydrogen-bond donors (Lipinski definition) is 2. The van der Waals surface area contributed by atoms with E-state index in [1.807, 2.05) is 0 Å². The molecule has 2 aliphatic rings. The standard InChI is InChI=1S/C13H25NO/c1-2-10-5-3-7-12(10)14-9-11-6-4-8-13(11)15/h10-15H,2-9H2,1H3. The first-order chi connectivity index (χ1) is 7.31. The third kappa shape index (κ3) is 2.73. The van der Waals surface area contributed by atoms with Crippen molar-refractivity contribution in [2.24, 2.45) is 11.8 Å². The lowest BCUT2D eigenvalue weighted by molar-refractivity contribution is 0.128. The topological polar surface area (TPSA) is 32.3 Å².